The maximum Gasteiger partial charge on any atom is 0.237 e. The van der Waals surface area contributed by atoms with E-state index in [4.69, 9.17) is 9.47 Å². The summed E-state index contributed by atoms with van der Waals surface area (Å²) in [5.74, 6) is 1.04. The lowest BCUT2D eigenvalue weighted by Gasteiger charge is -2.35. The minimum atomic E-state index is 0.170. The molecule has 6 heteroatoms. The predicted octanol–water partition coefficient (Wildman–Crippen LogP) is 1.84. The maximum absolute atomic E-state index is 13.1. The molecule has 2 aliphatic rings. The van der Waals surface area contributed by atoms with Crippen molar-refractivity contribution in [2.45, 2.75) is 32.4 Å². The van der Waals surface area contributed by atoms with Crippen molar-refractivity contribution < 1.29 is 14.3 Å². The van der Waals surface area contributed by atoms with Gasteiger partial charge in [-0.25, -0.2) is 0 Å². The number of likely N-dealkylation sites (N-methyl/N-ethyl adjacent to an activating group) is 1. The molecule has 2 saturated heterocycles. The molecule has 0 radical (unpaired) electrons. The van der Waals surface area contributed by atoms with Gasteiger partial charge < -0.3 is 19.3 Å². The first-order valence-corrected chi connectivity index (χ1v) is 10.1. The molecule has 6 nitrogen and oxygen atoms in total. The third-order valence-electron chi connectivity index (χ3n) is 5.60. The lowest BCUT2D eigenvalue weighted by atomic mass is 10.1. The van der Waals surface area contributed by atoms with Crippen molar-refractivity contribution in [3.8, 4) is 5.75 Å². The Labute approximate surface area is 163 Å². The molecule has 2 aliphatic heterocycles. The summed E-state index contributed by atoms with van der Waals surface area (Å²) in [6, 6.07) is 7.98. The Hall–Kier alpha value is -1.63. The van der Waals surface area contributed by atoms with Gasteiger partial charge in [0, 0.05) is 45.9 Å². The SMILES string of the molecule is CCN1CCN(CC(=O)N(Cc2ccc(OC)cc2)CC2CCCO2)CC1. The number of amides is 1. The number of methoxy groups -OCH3 is 1. The minimum absolute atomic E-state index is 0.170. The molecule has 1 unspecified atom stereocenters. The van der Waals surface area contributed by atoms with Crippen LogP contribution in [0.15, 0.2) is 24.3 Å². The van der Waals surface area contributed by atoms with Gasteiger partial charge in [0.1, 0.15) is 5.75 Å². The third-order valence-corrected chi connectivity index (χ3v) is 5.60. The van der Waals surface area contributed by atoms with Gasteiger partial charge in [0.25, 0.3) is 0 Å². The van der Waals surface area contributed by atoms with E-state index in [9.17, 15) is 4.79 Å². The fraction of sp³-hybridized carbons (Fsp3) is 0.667. The molecular formula is C21H33N3O3. The van der Waals surface area contributed by atoms with Crippen LogP contribution in [-0.2, 0) is 16.1 Å². The van der Waals surface area contributed by atoms with Crippen LogP contribution in [0.3, 0.4) is 0 Å². The summed E-state index contributed by atoms with van der Waals surface area (Å²) in [4.78, 5) is 19.8. The van der Waals surface area contributed by atoms with Crippen molar-refractivity contribution in [1.82, 2.24) is 14.7 Å². The molecule has 3 rings (SSSR count). The highest BCUT2D eigenvalue weighted by Gasteiger charge is 2.25. The number of hydrogen-bond donors (Lipinski definition) is 0. The Morgan fingerprint density at radius 1 is 1.19 bits per heavy atom. The number of rotatable bonds is 8. The number of nitrogens with zero attached hydrogens (tertiary/aromatic N) is 3. The van der Waals surface area contributed by atoms with Crippen LogP contribution in [0.5, 0.6) is 5.75 Å². The van der Waals surface area contributed by atoms with Crippen molar-refractivity contribution in [3.05, 3.63) is 29.8 Å². The van der Waals surface area contributed by atoms with E-state index in [0.29, 0.717) is 19.6 Å². The van der Waals surface area contributed by atoms with Crippen LogP contribution >= 0.6 is 0 Å². The molecule has 1 atom stereocenters. The summed E-state index contributed by atoms with van der Waals surface area (Å²) in [7, 11) is 1.67. The van der Waals surface area contributed by atoms with Crippen LogP contribution in [0.1, 0.15) is 25.3 Å². The quantitative estimate of drug-likeness (QED) is 0.694. The topological polar surface area (TPSA) is 45.2 Å². The lowest BCUT2D eigenvalue weighted by Crippen LogP contribution is -2.50. The second-order valence-electron chi connectivity index (χ2n) is 7.47. The Bertz CT molecular complexity index is 579. The summed E-state index contributed by atoms with van der Waals surface area (Å²) in [5, 5.41) is 0. The second-order valence-corrected chi connectivity index (χ2v) is 7.47. The smallest absolute Gasteiger partial charge is 0.237 e. The normalized spacial score (nSPS) is 21.3. The summed E-state index contributed by atoms with van der Waals surface area (Å²) >= 11 is 0. The van der Waals surface area contributed by atoms with Crippen molar-refractivity contribution >= 4 is 5.91 Å². The van der Waals surface area contributed by atoms with E-state index in [1.807, 2.05) is 29.2 Å². The monoisotopic (exact) mass is 375 g/mol. The molecule has 1 aromatic carbocycles. The summed E-state index contributed by atoms with van der Waals surface area (Å²) in [6.45, 7) is 9.93. The van der Waals surface area contributed by atoms with Crippen molar-refractivity contribution in [2.75, 3.05) is 59.5 Å². The molecule has 0 N–H and O–H groups in total. The molecule has 0 aromatic heterocycles. The van der Waals surface area contributed by atoms with Gasteiger partial charge in [-0.3, -0.25) is 9.69 Å². The Morgan fingerprint density at radius 3 is 2.48 bits per heavy atom. The number of ether oxygens (including phenoxy) is 2. The maximum atomic E-state index is 13.1. The van der Waals surface area contributed by atoms with E-state index in [-0.39, 0.29) is 12.0 Å². The zero-order valence-electron chi connectivity index (χ0n) is 16.7. The molecular weight excluding hydrogens is 342 g/mol. The van der Waals surface area contributed by atoms with Crippen LogP contribution in [0.25, 0.3) is 0 Å². The van der Waals surface area contributed by atoms with Crippen LogP contribution in [-0.4, -0.2) is 86.2 Å². The number of benzene rings is 1. The lowest BCUT2D eigenvalue weighted by molar-refractivity contribution is -0.135. The van der Waals surface area contributed by atoms with Gasteiger partial charge >= 0.3 is 0 Å². The largest absolute Gasteiger partial charge is 0.497 e. The highest BCUT2D eigenvalue weighted by Crippen LogP contribution is 2.17. The molecule has 2 fully saturated rings. The van der Waals surface area contributed by atoms with E-state index in [1.54, 1.807) is 7.11 Å². The number of piperazine rings is 1. The summed E-state index contributed by atoms with van der Waals surface area (Å²) < 4.78 is 11.0. The van der Waals surface area contributed by atoms with Crippen molar-refractivity contribution in [1.29, 1.82) is 0 Å². The Morgan fingerprint density at radius 2 is 1.89 bits per heavy atom. The van der Waals surface area contributed by atoms with Crippen molar-refractivity contribution in [2.24, 2.45) is 0 Å². The minimum Gasteiger partial charge on any atom is -0.497 e. The fourth-order valence-electron chi connectivity index (χ4n) is 3.79. The average molecular weight is 376 g/mol. The van der Waals surface area contributed by atoms with Crippen LogP contribution in [0.4, 0.5) is 0 Å². The Kier molecular flexibility index (Phi) is 7.50. The second kappa shape index (κ2) is 10.1. The molecule has 0 saturated carbocycles. The van der Waals surface area contributed by atoms with E-state index in [1.165, 1.54) is 0 Å². The van der Waals surface area contributed by atoms with Gasteiger partial charge in [-0.15, -0.1) is 0 Å². The molecule has 2 heterocycles. The highest BCUT2D eigenvalue weighted by molar-refractivity contribution is 5.78. The van der Waals surface area contributed by atoms with E-state index < -0.39 is 0 Å². The Balaban J connectivity index is 1.60. The molecule has 0 bridgehead atoms. The van der Waals surface area contributed by atoms with Gasteiger partial charge in [-0.2, -0.15) is 0 Å². The number of carbonyl (C=O) groups is 1. The van der Waals surface area contributed by atoms with Crippen LogP contribution < -0.4 is 4.74 Å². The van der Waals surface area contributed by atoms with Crippen LogP contribution in [0, 0.1) is 0 Å². The van der Waals surface area contributed by atoms with Crippen LogP contribution in [0.2, 0.25) is 0 Å². The van der Waals surface area contributed by atoms with Crippen molar-refractivity contribution in [3.63, 3.8) is 0 Å². The number of hydrogen-bond acceptors (Lipinski definition) is 5. The molecule has 150 valence electrons. The van der Waals surface area contributed by atoms with Gasteiger partial charge in [0.05, 0.1) is 19.8 Å². The molecule has 0 aliphatic carbocycles. The third kappa shape index (κ3) is 5.92. The molecule has 0 spiro atoms. The zero-order chi connectivity index (χ0) is 19.1. The van der Waals surface area contributed by atoms with E-state index >= 15 is 0 Å². The summed E-state index contributed by atoms with van der Waals surface area (Å²) in [6.07, 6.45) is 2.31. The van der Waals surface area contributed by atoms with Gasteiger partial charge in [-0.1, -0.05) is 19.1 Å². The molecule has 1 amide bonds. The van der Waals surface area contributed by atoms with Gasteiger partial charge in [-0.05, 0) is 37.1 Å². The first-order chi connectivity index (χ1) is 13.2. The highest BCUT2D eigenvalue weighted by atomic mass is 16.5. The molecule has 27 heavy (non-hydrogen) atoms. The predicted molar refractivity (Wildman–Crippen MR) is 106 cm³/mol. The first-order valence-electron chi connectivity index (χ1n) is 10.1. The van der Waals surface area contributed by atoms with E-state index in [0.717, 1.165) is 63.5 Å². The van der Waals surface area contributed by atoms with Gasteiger partial charge in [0.15, 0.2) is 0 Å². The van der Waals surface area contributed by atoms with E-state index in [2.05, 4.69) is 16.7 Å². The zero-order valence-corrected chi connectivity index (χ0v) is 16.7. The average Bonchev–Trinajstić information content (AvgIpc) is 3.22. The first kappa shape index (κ1) is 20.1. The fourth-order valence-corrected chi connectivity index (χ4v) is 3.79. The van der Waals surface area contributed by atoms with Gasteiger partial charge in [0.2, 0.25) is 5.91 Å². The summed E-state index contributed by atoms with van der Waals surface area (Å²) in [5.41, 5.74) is 1.12. The number of carbonyl (C=O) groups excluding carboxylic acids is 1. The molecule has 1 aromatic rings. The standard InChI is InChI=1S/C21H33N3O3/c1-3-22-10-12-23(13-11-22)17-21(25)24(16-20-5-4-14-27-20)15-18-6-8-19(26-2)9-7-18/h6-9,20H,3-5,10-17H2,1-2H3.